The van der Waals surface area contributed by atoms with E-state index in [1.165, 1.54) is 18.3 Å². The molecular formula is C12H15N5O2S. The minimum absolute atomic E-state index is 0.222. The highest BCUT2D eigenvalue weighted by molar-refractivity contribution is 7.14. The maximum absolute atomic E-state index is 12.0. The van der Waals surface area contributed by atoms with Gasteiger partial charge in [-0.25, -0.2) is 4.98 Å². The van der Waals surface area contributed by atoms with E-state index in [1.54, 1.807) is 11.4 Å². The van der Waals surface area contributed by atoms with E-state index in [-0.39, 0.29) is 17.5 Å². The standard InChI is InChI=1S/C12H15N5O2S/c1-6(2)8-4-10(17-16-8)15-11(19)9-5-20-12(14-9)13-7(3)18/h4-6H,1-3H3,(H,13,14,18)(H2,15,16,17,19). The highest BCUT2D eigenvalue weighted by atomic mass is 32.1. The smallest absolute Gasteiger partial charge is 0.276 e. The lowest BCUT2D eigenvalue weighted by Gasteiger charge is -1.98. The van der Waals surface area contributed by atoms with Crippen LogP contribution in [0.15, 0.2) is 11.4 Å². The van der Waals surface area contributed by atoms with E-state index >= 15 is 0 Å². The number of anilines is 2. The zero-order valence-electron chi connectivity index (χ0n) is 11.4. The van der Waals surface area contributed by atoms with E-state index < -0.39 is 0 Å². The highest BCUT2D eigenvalue weighted by Gasteiger charge is 2.13. The zero-order valence-corrected chi connectivity index (χ0v) is 12.2. The number of aromatic amines is 1. The third-order valence-electron chi connectivity index (χ3n) is 2.48. The monoisotopic (exact) mass is 293 g/mol. The van der Waals surface area contributed by atoms with Crippen LogP contribution in [0.2, 0.25) is 0 Å². The SMILES string of the molecule is CC(=O)Nc1nc(C(=O)Nc2cc(C(C)C)[nH]n2)cs1. The highest BCUT2D eigenvalue weighted by Crippen LogP contribution is 2.18. The van der Waals surface area contributed by atoms with Crippen LogP contribution in [0.25, 0.3) is 0 Å². The van der Waals surface area contributed by atoms with Gasteiger partial charge in [-0.1, -0.05) is 13.8 Å². The van der Waals surface area contributed by atoms with Crippen molar-refractivity contribution < 1.29 is 9.59 Å². The number of H-pyrrole nitrogens is 1. The van der Waals surface area contributed by atoms with Crippen LogP contribution in [0.4, 0.5) is 10.9 Å². The summed E-state index contributed by atoms with van der Waals surface area (Å²) in [6.07, 6.45) is 0. The first-order chi connectivity index (χ1) is 9.45. The van der Waals surface area contributed by atoms with Crippen LogP contribution < -0.4 is 10.6 Å². The van der Waals surface area contributed by atoms with Gasteiger partial charge in [0.25, 0.3) is 5.91 Å². The molecular weight excluding hydrogens is 278 g/mol. The molecule has 0 aliphatic carbocycles. The number of nitrogens with one attached hydrogen (secondary N) is 3. The third-order valence-corrected chi connectivity index (χ3v) is 3.24. The Labute approximate surface area is 119 Å². The van der Waals surface area contributed by atoms with Gasteiger partial charge < -0.3 is 10.6 Å². The summed E-state index contributed by atoms with van der Waals surface area (Å²) in [5.74, 6) is 0.173. The lowest BCUT2D eigenvalue weighted by Crippen LogP contribution is -2.13. The normalized spacial score (nSPS) is 10.6. The molecule has 0 aromatic carbocycles. The Bertz CT molecular complexity index is 631. The summed E-state index contributed by atoms with van der Waals surface area (Å²) in [6.45, 7) is 5.44. The van der Waals surface area contributed by atoms with Crippen molar-refractivity contribution in [1.29, 1.82) is 0 Å². The Kier molecular flexibility index (Phi) is 4.14. The van der Waals surface area contributed by atoms with Gasteiger partial charge in [-0.15, -0.1) is 11.3 Å². The summed E-state index contributed by atoms with van der Waals surface area (Å²) in [6, 6.07) is 1.78. The van der Waals surface area contributed by atoms with Crippen LogP contribution in [0.1, 0.15) is 42.9 Å². The molecule has 7 nitrogen and oxygen atoms in total. The first-order valence-corrected chi connectivity index (χ1v) is 6.93. The van der Waals surface area contributed by atoms with E-state index in [4.69, 9.17) is 0 Å². The number of carbonyl (C=O) groups is 2. The average Bonchev–Trinajstić information content (AvgIpc) is 2.97. The molecule has 2 aromatic heterocycles. The Morgan fingerprint density at radius 3 is 2.70 bits per heavy atom. The Morgan fingerprint density at radius 2 is 2.10 bits per heavy atom. The van der Waals surface area contributed by atoms with Crippen molar-refractivity contribution >= 4 is 34.1 Å². The summed E-state index contributed by atoms with van der Waals surface area (Å²) >= 11 is 1.19. The third kappa shape index (κ3) is 3.41. The lowest BCUT2D eigenvalue weighted by atomic mass is 10.1. The minimum Gasteiger partial charge on any atom is -0.304 e. The Balaban J connectivity index is 2.03. The van der Waals surface area contributed by atoms with Crippen LogP contribution in [0.5, 0.6) is 0 Å². The Morgan fingerprint density at radius 1 is 1.35 bits per heavy atom. The molecule has 0 aliphatic rings. The van der Waals surface area contributed by atoms with Crippen LogP contribution in [0, 0.1) is 0 Å². The molecule has 0 spiro atoms. The molecule has 2 rings (SSSR count). The topological polar surface area (TPSA) is 99.8 Å². The number of aromatic nitrogens is 3. The molecule has 106 valence electrons. The fourth-order valence-electron chi connectivity index (χ4n) is 1.46. The van der Waals surface area contributed by atoms with Gasteiger partial charge >= 0.3 is 0 Å². The van der Waals surface area contributed by atoms with Crippen LogP contribution in [-0.2, 0) is 4.79 Å². The fraction of sp³-hybridized carbons (Fsp3) is 0.333. The first-order valence-electron chi connectivity index (χ1n) is 6.05. The van der Waals surface area contributed by atoms with Crippen molar-refractivity contribution in [2.45, 2.75) is 26.7 Å². The van der Waals surface area contributed by atoms with Gasteiger partial charge in [0.05, 0.1) is 0 Å². The Hall–Kier alpha value is -2.22. The molecule has 0 saturated heterocycles. The molecule has 0 aliphatic heterocycles. The van der Waals surface area contributed by atoms with Crippen LogP contribution in [0.3, 0.4) is 0 Å². The molecule has 0 radical (unpaired) electrons. The van der Waals surface area contributed by atoms with Crippen molar-refractivity contribution in [2.75, 3.05) is 10.6 Å². The van der Waals surface area contributed by atoms with Gasteiger partial charge in [0, 0.05) is 24.1 Å². The number of rotatable bonds is 4. The predicted molar refractivity (Wildman–Crippen MR) is 77.0 cm³/mol. The molecule has 3 N–H and O–H groups in total. The summed E-state index contributed by atoms with van der Waals surface area (Å²) in [5.41, 5.74) is 1.19. The predicted octanol–water partition coefficient (Wildman–Crippen LogP) is 2.20. The number of thiazole rings is 1. The maximum atomic E-state index is 12.0. The number of hydrogen-bond donors (Lipinski definition) is 3. The van der Waals surface area contributed by atoms with Crippen molar-refractivity contribution in [1.82, 2.24) is 15.2 Å². The van der Waals surface area contributed by atoms with E-state index in [0.717, 1.165) is 5.69 Å². The minimum atomic E-state index is -0.361. The molecule has 2 heterocycles. The van der Waals surface area contributed by atoms with Crippen molar-refractivity contribution in [3.63, 3.8) is 0 Å². The zero-order chi connectivity index (χ0) is 14.7. The van der Waals surface area contributed by atoms with Crippen molar-refractivity contribution in [2.24, 2.45) is 0 Å². The van der Waals surface area contributed by atoms with Crippen molar-refractivity contribution in [3.05, 3.63) is 22.8 Å². The number of amides is 2. The van der Waals surface area contributed by atoms with Gasteiger partial charge in [-0.2, -0.15) is 5.10 Å². The van der Waals surface area contributed by atoms with Gasteiger partial charge in [0.2, 0.25) is 5.91 Å². The first kappa shape index (κ1) is 14.2. The molecule has 8 heteroatoms. The average molecular weight is 293 g/mol. The quantitative estimate of drug-likeness (QED) is 0.804. The van der Waals surface area contributed by atoms with Gasteiger partial charge in [-0.05, 0) is 5.92 Å². The van der Waals surface area contributed by atoms with Crippen LogP contribution >= 0.6 is 11.3 Å². The molecule has 0 fully saturated rings. The second kappa shape index (κ2) is 5.83. The number of hydrogen-bond acceptors (Lipinski definition) is 5. The van der Waals surface area contributed by atoms with Gasteiger partial charge in [-0.3, -0.25) is 14.7 Å². The fourth-order valence-corrected chi connectivity index (χ4v) is 2.20. The number of nitrogens with zero attached hydrogens (tertiary/aromatic N) is 2. The molecule has 0 bridgehead atoms. The summed E-state index contributed by atoms with van der Waals surface area (Å²) < 4.78 is 0. The molecule has 2 amide bonds. The molecule has 0 saturated carbocycles. The summed E-state index contributed by atoms with van der Waals surface area (Å²) in [5, 5.41) is 14.0. The largest absolute Gasteiger partial charge is 0.304 e. The molecule has 2 aromatic rings. The maximum Gasteiger partial charge on any atom is 0.276 e. The molecule has 0 atom stereocenters. The van der Waals surface area contributed by atoms with E-state index in [1.807, 2.05) is 13.8 Å². The lowest BCUT2D eigenvalue weighted by molar-refractivity contribution is -0.114. The van der Waals surface area contributed by atoms with Gasteiger partial charge in [0.15, 0.2) is 10.9 Å². The van der Waals surface area contributed by atoms with Gasteiger partial charge in [0.1, 0.15) is 5.69 Å². The van der Waals surface area contributed by atoms with E-state index in [2.05, 4.69) is 25.8 Å². The van der Waals surface area contributed by atoms with Crippen molar-refractivity contribution in [3.8, 4) is 0 Å². The second-order valence-electron chi connectivity index (χ2n) is 4.54. The van der Waals surface area contributed by atoms with Crippen LogP contribution in [-0.4, -0.2) is 27.0 Å². The summed E-state index contributed by atoms with van der Waals surface area (Å²) in [7, 11) is 0. The second-order valence-corrected chi connectivity index (χ2v) is 5.39. The van der Waals surface area contributed by atoms with E-state index in [0.29, 0.717) is 16.9 Å². The molecule has 0 unspecified atom stereocenters. The molecule has 20 heavy (non-hydrogen) atoms. The number of carbonyl (C=O) groups excluding carboxylic acids is 2. The summed E-state index contributed by atoms with van der Waals surface area (Å²) in [4.78, 5) is 26.9. The van der Waals surface area contributed by atoms with E-state index in [9.17, 15) is 9.59 Å².